The van der Waals surface area contributed by atoms with Crippen molar-refractivity contribution < 1.29 is 4.79 Å². The molecule has 88 valence electrons. The minimum atomic E-state index is -0.161. The zero-order valence-electron chi connectivity index (χ0n) is 9.83. The molecule has 1 heterocycles. The smallest absolute Gasteiger partial charge is 0.254 e. The Labute approximate surface area is 101 Å². The van der Waals surface area contributed by atoms with Gasteiger partial charge in [-0.3, -0.25) is 4.79 Å². The van der Waals surface area contributed by atoms with Crippen LogP contribution in [0.1, 0.15) is 37.6 Å². The lowest BCUT2D eigenvalue weighted by molar-refractivity contribution is 0.0936. The molecule has 0 aliphatic heterocycles. The molecule has 1 atom stereocenters. The van der Waals surface area contributed by atoms with Crippen molar-refractivity contribution >= 4 is 17.5 Å². The number of hydrogen-bond donors (Lipinski definition) is 1. The molecule has 4 heteroatoms. The quantitative estimate of drug-likeness (QED) is 0.823. The summed E-state index contributed by atoms with van der Waals surface area (Å²) in [6.45, 7) is 6.24. The molecule has 0 saturated carbocycles. The molecule has 1 rings (SSSR count). The van der Waals surface area contributed by atoms with Crippen LogP contribution in [0.3, 0.4) is 0 Å². The summed E-state index contributed by atoms with van der Waals surface area (Å²) in [4.78, 5) is 15.7. The molecule has 0 spiro atoms. The van der Waals surface area contributed by atoms with Gasteiger partial charge in [-0.2, -0.15) is 0 Å². The van der Waals surface area contributed by atoms with E-state index in [0.717, 1.165) is 6.42 Å². The Bertz CT molecular complexity index is 366. The van der Waals surface area contributed by atoms with Crippen LogP contribution >= 0.6 is 11.6 Å². The monoisotopic (exact) mass is 240 g/mol. The summed E-state index contributed by atoms with van der Waals surface area (Å²) in [6.07, 6.45) is 2.51. The van der Waals surface area contributed by atoms with Gasteiger partial charge in [-0.15, -0.1) is 0 Å². The van der Waals surface area contributed by atoms with Crippen molar-refractivity contribution in [1.29, 1.82) is 0 Å². The highest BCUT2D eigenvalue weighted by molar-refractivity contribution is 6.32. The van der Waals surface area contributed by atoms with Crippen LogP contribution in [0.2, 0.25) is 5.15 Å². The summed E-state index contributed by atoms with van der Waals surface area (Å²) in [6, 6.07) is 3.52. The Morgan fingerprint density at radius 3 is 2.75 bits per heavy atom. The molecule has 1 aromatic rings. The highest BCUT2D eigenvalue weighted by atomic mass is 35.5. The fourth-order valence-corrected chi connectivity index (χ4v) is 1.83. The van der Waals surface area contributed by atoms with Crippen LogP contribution in [-0.2, 0) is 0 Å². The van der Waals surface area contributed by atoms with Gasteiger partial charge in [-0.25, -0.2) is 4.98 Å². The van der Waals surface area contributed by atoms with E-state index in [-0.39, 0.29) is 17.1 Å². The number of nitrogens with one attached hydrogen (secondary N) is 1. The zero-order chi connectivity index (χ0) is 12.1. The highest BCUT2D eigenvalue weighted by Gasteiger charge is 2.13. The van der Waals surface area contributed by atoms with E-state index in [1.165, 1.54) is 0 Å². The summed E-state index contributed by atoms with van der Waals surface area (Å²) >= 11 is 5.84. The van der Waals surface area contributed by atoms with E-state index in [9.17, 15) is 4.79 Å². The predicted molar refractivity (Wildman–Crippen MR) is 65.6 cm³/mol. The first-order valence-corrected chi connectivity index (χ1v) is 5.80. The number of rotatable bonds is 4. The van der Waals surface area contributed by atoms with Crippen molar-refractivity contribution in [2.45, 2.75) is 33.2 Å². The van der Waals surface area contributed by atoms with E-state index in [0.29, 0.717) is 11.5 Å². The number of halogens is 1. The second kappa shape index (κ2) is 5.85. The number of hydrogen-bond acceptors (Lipinski definition) is 2. The second-order valence-corrected chi connectivity index (χ2v) is 4.70. The lowest BCUT2D eigenvalue weighted by Crippen LogP contribution is -2.33. The normalized spacial score (nSPS) is 12.6. The van der Waals surface area contributed by atoms with Crippen LogP contribution in [0.4, 0.5) is 0 Å². The Kier molecular flexibility index (Phi) is 4.74. The number of carbonyl (C=O) groups excluding carboxylic acids is 1. The van der Waals surface area contributed by atoms with Crippen molar-refractivity contribution in [3.63, 3.8) is 0 Å². The average molecular weight is 241 g/mol. The molecule has 0 aliphatic carbocycles. The molecule has 16 heavy (non-hydrogen) atoms. The molecule has 0 bridgehead atoms. The lowest BCUT2D eigenvalue weighted by atomic mass is 10.1. The van der Waals surface area contributed by atoms with Gasteiger partial charge < -0.3 is 5.32 Å². The average Bonchev–Trinajstić information content (AvgIpc) is 2.16. The summed E-state index contributed by atoms with van der Waals surface area (Å²) in [5.74, 6) is 0.394. The fourth-order valence-electron chi connectivity index (χ4n) is 1.62. The van der Waals surface area contributed by atoms with E-state index < -0.39 is 0 Å². The maximum Gasteiger partial charge on any atom is 0.254 e. The van der Waals surface area contributed by atoms with Crippen molar-refractivity contribution in [1.82, 2.24) is 10.3 Å². The largest absolute Gasteiger partial charge is 0.349 e. The summed E-state index contributed by atoms with van der Waals surface area (Å²) < 4.78 is 0. The van der Waals surface area contributed by atoms with Gasteiger partial charge in [0.2, 0.25) is 0 Å². The van der Waals surface area contributed by atoms with Gasteiger partial charge in [-0.1, -0.05) is 25.4 Å². The SMILES string of the molecule is CC(C)CC(C)NC(=O)c1cccnc1Cl. The minimum Gasteiger partial charge on any atom is -0.349 e. The first-order chi connectivity index (χ1) is 7.50. The van der Waals surface area contributed by atoms with E-state index in [2.05, 4.69) is 24.1 Å². The van der Waals surface area contributed by atoms with Gasteiger partial charge in [0.15, 0.2) is 0 Å². The predicted octanol–water partition coefficient (Wildman–Crippen LogP) is 2.90. The summed E-state index contributed by atoms with van der Waals surface area (Å²) in [5, 5.41) is 3.15. The maximum absolute atomic E-state index is 11.8. The maximum atomic E-state index is 11.8. The molecule has 0 aliphatic rings. The highest BCUT2D eigenvalue weighted by Crippen LogP contribution is 2.12. The Balaban J connectivity index is 2.63. The second-order valence-electron chi connectivity index (χ2n) is 4.35. The summed E-state index contributed by atoms with van der Waals surface area (Å²) in [7, 11) is 0. The van der Waals surface area contributed by atoms with Crippen LogP contribution in [-0.4, -0.2) is 16.9 Å². The molecule has 1 N–H and O–H groups in total. The molecular weight excluding hydrogens is 224 g/mol. The van der Waals surface area contributed by atoms with Gasteiger partial charge in [0.25, 0.3) is 5.91 Å². The molecule has 0 fully saturated rings. The zero-order valence-corrected chi connectivity index (χ0v) is 10.6. The van der Waals surface area contributed by atoms with Gasteiger partial charge in [-0.05, 0) is 31.4 Å². The van der Waals surface area contributed by atoms with Crippen molar-refractivity contribution in [3.8, 4) is 0 Å². The third-order valence-electron chi connectivity index (χ3n) is 2.21. The van der Waals surface area contributed by atoms with Gasteiger partial charge in [0, 0.05) is 12.2 Å². The van der Waals surface area contributed by atoms with E-state index in [1.54, 1.807) is 18.3 Å². The molecule has 1 amide bonds. The number of nitrogens with zero attached hydrogens (tertiary/aromatic N) is 1. The first-order valence-electron chi connectivity index (χ1n) is 5.42. The minimum absolute atomic E-state index is 0.142. The van der Waals surface area contributed by atoms with Crippen LogP contribution < -0.4 is 5.32 Å². The third kappa shape index (κ3) is 3.81. The van der Waals surface area contributed by atoms with Crippen LogP contribution in [0.5, 0.6) is 0 Å². The Hall–Kier alpha value is -1.09. The van der Waals surface area contributed by atoms with Crippen LogP contribution in [0, 0.1) is 5.92 Å². The third-order valence-corrected chi connectivity index (χ3v) is 2.51. The molecule has 1 aromatic heterocycles. The standard InChI is InChI=1S/C12H17ClN2O/c1-8(2)7-9(3)15-12(16)10-5-4-6-14-11(10)13/h4-6,8-9H,7H2,1-3H3,(H,15,16). The van der Waals surface area contributed by atoms with Crippen LogP contribution in [0.15, 0.2) is 18.3 Å². The van der Waals surface area contributed by atoms with Crippen molar-refractivity contribution in [2.24, 2.45) is 5.92 Å². The summed E-state index contributed by atoms with van der Waals surface area (Å²) in [5.41, 5.74) is 0.430. The molecular formula is C12H17ClN2O. The van der Waals surface area contributed by atoms with Crippen molar-refractivity contribution in [2.75, 3.05) is 0 Å². The topological polar surface area (TPSA) is 42.0 Å². The van der Waals surface area contributed by atoms with E-state index in [4.69, 9.17) is 11.6 Å². The van der Waals surface area contributed by atoms with Crippen molar-refractivity contribution in [3.05, 3.63) is 29.0 Å². The lowest BCUT2D eigenvalue weighted by Gasteiger charge is -2.16. The Morgan fingerprint density at radius 2 is 2.19 bits per heavy atom. The van der Waals surface area contributed by atoms with E-state index in [1.807, 2.05) is 6.92 Å². The molecule has 0 saturated heterocycles. The Morgan fingerprint density at radius 1 is 1.50 bits per heavy atom. The molecule has 3 nitrogen and oxygen atoms in total. The van der Waals surface area contributed by atoms with E-state index >= 15 is 0 Å². The van der Waals surface area contributed by atoms with Gasteiger partial charge >= 0.3 is 0 Å². The number of pyridine rings is 1. The first kappa shape index (κ1) is 13.0. The molecule has 1 unspecified atom stereocenters. The van der Waals surface area contributed by atoms with Gasteiger partial charge in [0.05, 0.1) is 5.56 Å². The number of carbonyl (C=O) groups is 1. The fraction of sp³-hybridized carbons (Fsp3) is 0.500. The van der Waals surface area contributed by atoms with Crippen LogP contribution in [0.25, 0.3) is 0 Å². The number of aromatic nitrogens is 1. The molecule has 0 aromatic carbocycles. The van der Waals surface area contributed by atoms with Gasteiger partial charge in [0.1, 0.15) is 5.15 Å². The molecule has 0 radical (unpaired) electrons. The number of amides is 1.